The summed E-state index contributed by atoms with van der Waals surface area (Å²) in [6.07, 6.45) is 1.77. The zero-order chi connectivity index (χ0) is 22.3. The van der Waals surface area contributed by atoms with Crippen LogP contribution in [-0.4, -0.2) is 32.6 Å². The van der Waals surface area contributed by atoms with Gasteiger partial charge in [0.05, 0.1) is 32.3 Å². The van der Waals surface area contributed by atoms with E-state index < -0.39 is 38.3 Å². The Kier molecular flexibility index (Phi) is 4.81. The van der Waals surface area contributed by atoms with Gasteiger partial charge in [0, 0.05) is 24.6 Å². The molecule has 2 atom stereocenters. The molecule has 0 saturated carbocycles. The standard InChI is InChI=1S/C19H15N5O7/c1-11-8-18-19(31-11)10-15(12-2-4-13(5-3-12)22(25)26)20-21(18)16-7-6-14(23(27)28)9-17(16)24(29)30/h2-9,18-19H,10H2,1H3. The second-order valence-electron chi connectivity index (χ2n) is 7.01. The van der Waals surface area contributed by atoms with Gasteiger partial charge < -0.3 is 4.74 Å². The zero-order valence-electron chi connectivity index (χ0n) is 16.1. The molecule has 2 unspecified atom stereocenters. The maximum atomic E-state index is 11.6. The number of anilines is 1. The number of ether oxygens (including phenoxy) is 1. The van der Waals surface area contributed by atoms with Gasteiger partial charge in [-0.3, -0.25) is 30.3 Å². The van der Waals surface area contributed by atoms with Gasteiger partial charge in [-0.2, -0.15) is 5.10 Å². The van der Waals surface area contributed by atoms with Crippen molar-refractivity contribution in [3.63, 3.8) is 0 Å². The third-order valence-electron chi connectivity index (χ3n) is 5.05. The number of hydrogen-bond acceptors (Lipinski definition) is 9. The van der Waals surface area contributed by atoms with Gasteiger partial charge in [0.1, 0.15) is 17.8 Å². The maximum Gasteiger partial charge on any atom is 0.301 e. The molecule has 2 aromatic rings. The largest absolute Gasteiger partial charge is 0.492 e. The molecule has 4 rings (SSSR count). The van der Waals surface area contributed by atoms with E-state index in [1.807, 2.05) is 0 Å². The smallest absolute Gasteiger partial charge is 0.301 e. The van der Waals surface area contributed by atoms with Crippen molar-refractivity contribution >= 4 is 28.5 Å². The monoisotopic (exact) mass is 425 g/mol. The Morgan fingerprint density at radius 2 is 1.61 bits per heavy atom. The fourth-order valence-electron chi connectivity index (χ4n) is 3.65. The lowest BCUT2D eigenvalue weighted by Gasteiger charge is -2.34. The van der Waals surface area contributed by atoms with Gasteiger partial charge in [-0.05, 0) is 36.8 Å². The highest BCUT2D eigenvalue weighted by molar-refractivity contribution is 6.02. The lowest BCUT2D eigenvalue weighted by atomic mass is 9.97. The van der Waals surface area contributed by atoms with Crippen molar-refractivity contribution in [3.05, 3.63) is 90.2 Å². The quantitative estimate of drug-likeness (QED) is 0.519. The molecule has 2 aromatic carbocycles. The van der Waals surface area contributed by atoms with E-state index >= 15 is 0 Å². The Balaban J connectivity index is 1.81. The SMILES string of the molecule is CC1=CC2C(CC(c3ccc([N+](=O)[O-])cc3)=NN2c2ccc([N+](=O)[O-])cc2[N+](=O)[O-])O1. The van der Waals surface area contributed by atoms with Crippen molar-refractivity contribution in [2.45, 2.75) is 25.5 Å². The number of nitro benzene ring substituents is 3. The Hall–Kier alpha value is -4.35. The summed E-state index contributed by atoms with van der Waals surface area (Å²) in [7, 11) is 0. The first-order valence-electron chi connectivity index (χ1n) is 9.14. The van der Waals surface area contributed by atoms with Gasteiger partial charge in [-0.15, -0.1) is 0 Å². The lowest BCUT2D eigenvalue weighted by Crippen LogP contribution is -2.44. The van der Waals surface area contributed by atoms with Crippen LogP contribution in [0.15, 0.2) is 59.4 Å². The summed E-state index contributed by atoms with van der Waals surface area (Å²) in [6.45, 7) is 1.76. The fraction of sp³-hybridized carbons (Fsp3) is 0.211. The van der Waals surface area contributed by atoms with Crippen molar-refractivity contribution < 1.29 is 19.5 Å². The molecule has 0 amide bonds. The molecule has 158 valence electrons. The minimum atomic E-state index is -0.704. The molecule has 0 N–H and O–H groups in total. The molecular formula is C19H15N5O7. The fourth-order valence-corrected chi connectivity index (χ4v) is 3.65. The van der Waals surface area contributed by atoms with Crippen molar-refractivity contribution in [1.82, 2.24) is 0 Å². The van der Waals surface area contributed by atoms with Gasteiger partial charge in [-0.25, -0.2) is 5.01 Å². The molecule has 0 aromatic heterocycles. The summed E-state index contributed by atoms with van der Waals surface area (Å²) in [6, 6.07) is 8.72. The van der Waals surface area contributed by atoms with E-state index in [-0.39, 0.29) is 11.4 Å². The number of allylic oxidation sites excluding steroid dienone is 1. The van der Waals surface area contributed by atoms with Gasteiger partial charge in [0.25, 0.3) is 11.4 Å². The number of benzene rings is 2. The van der Waals surface area contributed by atoms with Crippen LogP contribution in [0.4, 0.5) is 22.7 Å². The zero-order valence-corrected chi connectivity index (χ0v) is 16.1. The number of fused-ring (bicyclic) bond motifs is 1. The van der Waals surface area contributed by atoms with E-state index in [2.05, 4.69) is 5.10 Å². The van der Waals surface area contributed by atoms with E-state index in [0.717, 1.165) is 6.07 Å². The summed E-state index contributed by atoms with van der Waals surface area (Å²) in [5.41, 5.74) is 0.269. The van der Waals surface area contributed by atoms with Crippen LogP contribution in [0.5, 0.6) is 0 Å². The van der Waals surface area contributed by atoms with Crippen LogP contribution in [0.1, 0.15) is 18.9 Å². The van der Waals surface area contributed by atoms with Gasteiger partial charge in [0.2, 0.25) is 0 Å². The lowest BCUT2D eigenvalue weighted by molar-refractivity contribution is -0.393. The summed E-state index contributed by atoms with van der Waals surface area (Å²) in [5, 5.41) is 39.6. The Labute approximate surface area is 174 Å². The minimum absolute atomic E-state index is 0.0736. The molecule has 0 spiro atoms. The second-order valence-corrected chi connectivity index (χ2v) is 7.01. The van der Waals surface area contributed by atoms with Crippen LogP contribution in [0.25, 0.3) is 0 Å². The number of hydrazone groups is 1. The Bertz CT molecular complexity index is 1160. The Morgan fingerprint density at radius 3 is 2.23 bits per heavy atom. The topological polar surface area (TPSA) is 154 Å². The highest BCUT2D eigenvalue weighted by atomic mass is 16.6. The van der Waals surface area contributed by atoms with Gasteiger partial charge >= 0.3 is 5.69 Å². The first kappa shape index (κ1) is 19.9. The van der Waals surface area contributed by atoms with E-state index in [1.54, 1.807) is 25.1 Å². The van der Waals surface area contributed by atoms with E-state index in [0.29, 0.717) is 23.5 Å². The molecule has 2 aliphatic rings. The highest BCUT2D eigenvalue weighted by Crippen LogP contribution is 2.39. The summed E-state index contributed by atoms with van der Waals surface area (Å²) in [5.74, 6) is 0.629. The maximum absolute atomic E-state index is 11.6. The van der Waals surface area contributed by atoms with Crippen molar-refractivity contribution in [2.24, 2.45) is 5.10 Å². The second kappa shape index (κ2) is 7.48. The van der Waals surface area contributed by atoms with Crippen molar-refractivity contribution in [1.29, 1.82) is 0 Å². The summed E-state index contributed by atoms with van der Waals surface area (Å²) in [4.78, 5) is 31.7. The van der Waals surface area contributed by atoms with Crippen LogP contribution in [0, 0.1) is 30.3 Å². The van der Waals surface area contributed by atoms with Crippen LogP contribution in [0.2, 0.25) is 0 Å². The van der Waals surface area contributed by atoms with Crippen molar-refractivity contribution in [3.8, 4) is 0 Å². The molecule has 12 heteroatoms. The van der Waals surface area contributed by atoms with E-state index in [9.17, 15) is 30.3 Å². The number of rotatable bonds is 5. The first-order valence-corrected chi connectivity index (χ1v) is 9.14. The molecule has 0 saturated heterocycles. The van der Waals surface area contributed by atoms with E-state index in [1.165, 1.54) is 29.3 Å². The van der Waals surface area contributed by atoms with Crippen LogP contribution in [0.3, 0.4) is 0 Å². The molecule has 31 heavy (non-hydrogen) atoms. The predicted molar refractivity (Wildman–Crippen MR) is 109 cm³/mol. The number of non-ortho nitro benzene ring substituents is 2. The third-order valence-corrected chi connectivity index (χ3v) is 5.05. The van der Waals surface area contributed by atoms with Gasteiger partial charge in [-0.1, -0.05) is 0 Å². The average Bonchev–Trinajstić information content (AvgIpc) is 3.12. The molecule has 0 aliphatic carbocycles. The van der Waals surface area contributed by atoms with Gasteiger partial charge in [0.15, 0.2) is 0 Å². The normalized spacial score (nSPS) is 19.7. The number of hydrogen-bond donors (Lipinski definition) is 0. The summed E-state index contributed by atoms with van der Waals surface area (Å²) >= 11 is 0. The Morgan fingerprint density at radius 1 is 0.968 bits per heavy atom. The van der Waals surface area contributed by atoms with Crippen LogP contribution < -0.4 is 5.01 Å². The van der Waals surface area contributed by atoms with Crippen LogP contribution in [-0.2, 0) is 4.74 Å². The molecule has 0 fully saturated rings. The first-order chi connectivity index (χ1) is 14.7. The number of nitro groups is 3. The summed E-state index contributed by atoms with van der Waals surface area (Å²) < 4.78 is 5.85. The average molecular weight is 425 g/mol. The number of nitrogens with zero attached hydrogens (tertiary/aromatic N) is 5. The van der Waals surface area contributed by atoms with E-state index in [4.69, 9.17) is 4.74 Å². The molecule has 2 aliphatic heterocycles. The molecule has 2 heterocycles. The van der Waals surface area contributed by atoms with Crippen LogP contribution >= 0.6 is 0 Å². The highest BCUT2D eigenvalue weighted by Gasteiger charge is 2.40. The molecular weight excluding hydrogens is 410 g/mol. The molecule has 12 nitrogen and oxygen atoms in total. The third kappa shape index (κ3) is 3.66. The minimum Gasteiger partial charge on any atom is -0.492 e. The van der Waals surface area contributed by atoms with Crippen molar-refractivity contribution in [2.75, 3.05) is 5.01 Å². The predicted octanol–water partition coefficient (Wildman–Crippen LogP) is 3.70. The molecule has 0 radical (unpaired) electrons. The molecule has 0 bridgehead atoms.